The first-order chi connectivity index (χ1) is 9.20. The van der Waals surface area contributed by atoms with Gasteiger partial charge in [0.1, 0.15) is 12.1 Å². The van der Waals surface area contributed by atoms with Crippen LogP contribution in [0.4, 0.5) is 10.1 Å². The molecule has 0 radical (unpaired) electrons. The lowest BCUT2D eigenvalue weighted by Crippen LogP contribution is -2.12. The van der Waals surface area contributed by atoms with Crippen molar-refractivity contribution in [2.24, 2.45) is 5.73 Å². The van der Waals surface area contributed by atoms with E-state index in [4.69, 9.17) is 5.73 Å². The van der Waals surface area contributed by atoms with E-state index in [1.54, 1.807) is 0 Å². The van der Waals surface area contributed by atoms with Gasteiger partial charge in [0.2, 0.25) is 0 Å². The van der Waals surface area contributed by atoms with E-state index in [0.717, 1.165) is 0 Å². The van der Waals surface area contributed by atoms with Crippen molar-refractivity contribution in [1.82, 2.24) is 5.16 Å². The zero-order valence-electron chi connectivity index (χ0n) is 9.81. The van der Waals surface area contributed by atoms with Crippen molar-refractivity contribution in [3.8, 4) is 11.8 Å². The van der Waals surface area contributed by atoms with Crippen molar-refractivity contribution in [3.63, 3.8) is 0 Å². The average molecular weight is 259 g/mol. The van der Waals surface area contributed by atoms with Crippen LogP contribution < -0.4 is 11.1 Å². The third-order valence-electron chi connectivity index (χ3n) is 2.22. The Balaban J connectivity index is 2.19. The number of benzene rings is 1. The Kier molecular flexibility index (Phi) is 3.90. The van der Waals surface area contributed by atoms with E-state index in [1.807, 2.05) is 0 Å². The minimum absolute atomic E-state index is 0.134. The van der Waals surface area contributed by atoms with E-state index >= 15 is 0 Å². The molecule has 1 amide bonds. The van der Waals surface area contributed by atoms with Crippen LogP contribution in [-0.4, -0.2) is 17.6 Å². The van der Waals surface area contributed by atoms with Crippen LogP contribution in [0, 0.1) is 17.7 Å². The van der Waals surface area contributed by atoms with Gasteiger partial charge < -0.3 is 15.6 Å². The van der Waals surface area contributed by atoms with E-state index < -0.39 is 11.7 Å². The molecule has 0 aliphatic heterocycles. The zero-order chi connectivity index (χ0) is 13.7. The lowest BCUT2D eigenvalue weighted by Gasteiger charge is -2.04. The second kappa shape index (κ2) is 5.80. The van der Waals surface area contributed by atoms with E-state index in [2.05, 4.69) is 26.8 Å². The van der Waals surface area contributed by atoms with Crippen LogP contribution in [-0.2, 0) is 0 Å². The van der Waals surface area contributed by atoms with Crippen LogP contribution in [0.3, 0.4) is 0 Å². The Morgan fingerprint density at radius 3 is 3.00 bits per heavy atom. The van der Waals surface area contributed by atoms with Crippen LogP contribution in [0.5, 0.6) is 0 Å². The maximum Gasteiger partial charge on any atom is 0.277 e. The smallest absolute Gasteiger partial charge is 0.277 e. The maximum absolute atomic E-state index is 13.4. The third-order valence-corrected chi connectivity index (χ3v) is 2.22. The summed E-state index contributed by atoms with van der Waals surface area (Å²) >= 11 is 0. The standard InChI is InChI=1S/C13H10FN3O2/c14-11-4-3-10(8-9(11)2-1-6-15)16-13(18)12-5-7-19-17-12/h3-5,7-8H,6,15H2,(H,16,18). The molecular formula is C13H10FN3O2. The molecule has 2 rings (SSSR count). The van der Waals surface area contributed by atoms with Crippen molar-refractivity contribution in [1.29, 1.82) is 0 Å². The number of amides is 1. The summed E-state index contributed by atoms with van der Waals surface area (Å²) in [5.41, 5.74) is 5.95. The minimum Gasteiger partial charge on any atom is -0.364 e. The van der Waals surface area contributed by atoms with Crippen LogP contribution in [0.2, 0.25) is 0 Å². The van der Waals surface area contributed by atoms with Gasteiger partial charge in [-0.3, -0.25) is 4.79 Å². The summed E-state index contributed by atoms with van der Waals surface area (Å²) in [6, 6.07) is 5.50. The predicted octanol–water partition coefficient (Wildman–Crippen LogP) is 1.38. The molecule has 3 N–H and O–H groups in total. The first-order valence-electron chi connectivity index (χ1n) is 5.41. The second-order valence-corrected chi connectivity index (χ2v) is 3.54. The van der Waals surface area contributed by atoms with Crippen molar-refractivity contribution < 1.29 is 13.7 Å². The fraction of sp³-hybridized carbons (Fsp3) is 0.0769. The first kappa shape index (κ1) is 12.8. The molecule has 0 fully saturated rings. The number of nitrogens with zero attached hydrogens (tertiary/aromatic N) is 1. The molecule has 0 aliphatic carbocycles. The predicted molar refractivity (Wildman–Crippen MR) is 66.8 cm³/mol. The number of hydrogen-bond donors (Lipinski definition) is 2. The molecular weight excluding hydrogens is 249 g/mol. The van der Waals surface area contributed by atoms with Gasteiger partial charge in [0, 0.05) is 11.8 Å². The summed E-state index contributed by atoms with van der Waals surface area (Å²) < 4.78 is 18.0. The molecule has 6 heteroatoms. The Morgan fingerprint density at radius 2 is 2.32 bits per heavy atom. The molecule has 19 heavy (non-hydrogen) atoms. The summed E-state index contributed by atoms with van der Waals surface area (Å²) in [5.74, 6) is 4.22. The van der Waals surface area contributed by atoms with Gasteiger partial charge in [0.15, 0.2) is 5.69 Å². The second-order valence-electron chi connectivity index (χ2n) is 3.54. The summed E-state index contributed by atoms with van der Waals surface area (Å²) in [6.45, 7) is 0.134. The number of halogens is 1. The fourth-order valence-corrected chi connectivity index (χ4v) is 1.37. The number of carbonyl (C=O) groups is 1. The molecule has 2 aromatic rings. The number of aromatic nitrogens is 1. The first-order valence-corrected chi connectivity index (χ1v) is 5.41. The summed E-state index contributed by atoms with van der Waals surface area (Å²) in [6.07, 6.45) is 1.29. The van der Waals surface area contributed by atoms with Gasteiger partial charge in [-0.2, -0.15) is 0 Å². The SMILES string of the molecule is NCC#Cc1cc(NC(=O)c2ccon2)ccc1F. The van der Waals surface area contributed by atoms with Crippen LogP contribution in [0.25, 0.3) is 0 Å². The molecule has 0 aliphatic rings. The highest BCUT2D eigenvalue weighted by atomic mass is 19.1. The molecule has 96 valence electrons. The molecule has 1 heterocycles. The van der Waals surface area contributed by atoms with Gasteiger partial charge in [-0.25, -0.2) is 4.39 Å². The highest BCUT2D eigenvalue weighted by Crippen LogP contribution is 2.14. The van der Waals surface area contributed by atoms with E-state index in [9.17, 15) is 9.18 Å². The minimum atomic E-state index is -0.472. The van der Waals surface area contributed by atoms with Crippen LogP contribution in [0.1, 0.15) is 16.1 Å². The molecule has 0 unspecified atom stereocenters. The molecule has 0 saturated heterocycles. The van der Waals surface area contributed by atoms with Gasteiger partial charge in [-0.15, -0.1) is 0 Å². The van der Waals surface area contributed by atoms with Crippen molar-refractivity contribution in [2.45, 2.75) is 0 Å². The summed E-state index contributed by atoms with van der Waals surface area (Å²) in [5, 5.41) is 6.06. The summed E-state index contributed by atoms with van der Waals surface area (Å²) in [7, 11) is 0. The number of anilines is 1. The molecule has 5 nitrogen and oxygen atoms in total. The molecule has 1 aromatic carbocycles. The monoisotopic (exact) mass is 259 g/mol. The Labute approximate surface area is 108 Å². The maximum atomic E-state index is 13.4. The highest BCUT2D eigenvalue weighted by Gasteiger charge is 2.10. The van der Waals surface area contributed by atoms with Crippen molar-refractivity contribution in [2.75, 3.05) is 11.9 Å². The zero-order valence-corrected chi connectivity index (χ0v) is 9.81. The van der Waals surface area contributed by atoms with Crippen LogP contribution >= 0.6 is 0 Å². The highest BCUT2D eigenvalue weighted by molar-refractivity contribution is 6.02. The topological polar surface area (TPSA) is 81.1 Å². The fourth-order valence-electron chi connectivity index (χ4n) is 1.37. The van der Waals surface area contributed by atoms with E-state index in [-0.39, 0.29) is 17.8 Å². The largest absolute Gasteiger partial charge is 0.364 e. The number of nitrogens with one attached hydrogen (secondary N) is 1. The number of carbonyl (C=O) groups excluding carboxylic acids is 1. The average Bonchev–Trinajstić information content (AvgIpc) is 2.93. The van der Waals surface area contributed by atoms with Gasteiger partial charge in [-0.1, -0.05) is 17.0 Å². The number of nitrogens with two attached hydrogens (primary N) is 1. The number of rotatable bonds is 2. The van der Waals surface area contributed by atoms with Crippen molar-refractivity contribution in [3.05, 3.63) is 47.6 Å². The van der Waals surface area contributed by atoms with E-state index in [0.29, 0.717) is 5.69 Å². The molecule has 1 aromatic heterocycles. The van der Waals surface area contributed by atoms with Gasteiger partial charge in [-0.05, 0) is 18.2 Å². The van der Waals surface area contributed by atoms with E-state index in [1.165, 1.54) is 30.5 Å². The number of hydrogen-bond acceptors (Lipinski definition) is 4. The lowest BCUT2D eigenvalue weighted by molar-refractivity contribution is 0.101. The molecule has 0 saturated carbocycles. The summed E-state index contributed by atoms with van der Waals surface area (Å²) in [4.78, 5) is 11.7. The quantitative estimate of drug-likeness (QED) is 0.798. The van der Waals surface area contributed by atoms with Gasteiger partial charge in [0.25, 0.3) is 5.91 Å². The van der Waals surface area contributed by atoms with Crippen LogP contribution in [0.15, 0.2) is 35.1 Å². The Morgan fingerprint density at radius 1 is 1.47 bits per heavy atom. The van der Waals surface area contributed by atoms with Gasteiger partial charge >= 0.3 is 0 Å². The Bertz CT molecular complexity index is 642. The molecule has 0 bridgehead atoms. The lowest BCUT2D eigenvalue weighted by atomic mass is 10.2. The Hall–Kier alpha value is -2.65. The molecule has 0 spiro atoms. The molecule has 0 atom stereocenters. The third kappa shape index (κ3) is 3.18. The van der Waals surface area contributed by atoms with Gasteiger partial charge in [0.05, 0.1) is 12.1 Å². The normalized spacial score (nSPS) is 9.58. The van der Waals surface area contributed by atoms with Crippen molar-refractivity contribution >= 4 is 11.6 Å².